The SMILES string of the molecule is C=C(CCCCCCCCCCCC)CCCCCCCCCCCCCCCC. The standard InChI is InChI=1S/C30H60/c1-4-6-8-10-12-14-16-17-18-19-21-23-25-27-29-30(3)28-26-24-22-20-15-13-11-9-7-5-2/h3-29H2,1-2H3. The van der Waals surface area contributed by atoms with Gasteiger partial charge in [0.05, 0.1) is 0 Å². The summed E-state index contributed by atoms with van der Waals surface area (Å²) in [4.78, 5) is 0. The van der Waals surface area contributed by atoms with Gasteiger partial charge in [-0.05, 0) is 25.7 Å². The Morgan fingerprint density at radius 1 is 0.333 bits per heavy atom. The van der Waals surface area contributed by atoms with Crippen LogP contribution < -0.4 is 0 Å². The maximum Gasteiger partial charge on any atom is -0.0323 e. The zero-order valence-electron chi connectivity index (χ0n) is 21.6. The molecule has 0 heteroatoms. The second-order valence-electron chi connectivity index (χ2n) is 10.0. The van der Waals surface area contributed by atoms with Crippen molar-refractivity contribution >= 4 is 0 Å². The summed E-state index contributed by atoms with van der Waals surface area (Å²) >= 11 is 0. The molecule has 0 heterocycles. The Hall–Kier alpha value is -0.260. The summed E-state index contributed by atoms with van der Waals surface area (Å²) in [6.45, 7) is 8.93. The fourth-order valence-corrected chi connectivity index (χ4v) is 4.56. The topological polar surface area (TPSA) is 0 Å². The lowest BCUT2D eigenvalue weighted by molar-refractivity contribution is 0.533. The van der Waals surface area contributed by atoms with E-state index in [0.717, 1.165) is 0 Å². The highest BCUT2D eigenvalue weighted by atomic mass is 14.0. The summed E-state index contributed by atoms with van der Waals surface area (Å²) in [7, 11) is 0. The van der Waals surface area contributed by atoms with E-state index in [9.17, 15) is 0 Å². The van der Waals surface area contributed by atoms with Crippen LogP contribution in [0.25, 0.3) is 0 Å². The molecule has 0 saturated carbocycles. The Morgan fingerprint density at radius 2 is 0.533 bits per heavy atom. The lowest BCUT2D eigenvalue weighted by Crippen LogP contribution is -1.87. The summed E-state index contributed by atoms with van der Waals surface area (Å²) < 4.78 is 0. The smallest absolute Gasteiger partial charge is 0.0323 e. The maximum atomic E-state index is 4.33. The van der Waals surface area contributed by atoms with Crippen molar-refractivity contribution in [2.75, 3.05) is 0 Å². The normalized spacial score (nSPS) is 11.3. The van der Waals surface area contributed by atoms with Crippen LogP contribution in [0.4, 0.5) is 0 Å². The van der Waals surface area contributed by atoms with Crippen LogP contribution in [0.3, 0.4) is 0 Å². The van der Waals surface area contributed by atoms with Crippen molar-refractivity contribution in [2.24, 2.45) is 0 Å². The molecule has 180 valence electrons. The molecule has 0 fully saturated rings. The van der Waals surface area contributed by atoms with E-state index in [4.69, 9.17) is 0 Å². The number of rotatable bonds is 26. The third-order valence-corrected chi connectivity index (χ3v) is 6.77. The van der Waals surface area contributed by atoms with E-state index in [-0.39, 0.29) is 0 Å². The van der Waals surface area contributed by atoms with Crippen molar-refractivity contribution in [3.8, 4) is 0 Å². The average molecular weight is 421 g/mol. The lowest BCUT2D eigenvalue weighted by Gasteiger charge is -2.06. The van der Waals surface area contributed by atoms with Crippen LogP contribution >= 0.6 is 0 Å². The van der Waals surface area contributed by atoms with E-state index >= 15 is 0 Å². The fourth-order valence-electron chi connectivity index (χ4n) is 4.56. The quantitative estimate of drug-likeness (QED) is 0.0963. The monoisotopic (exact) mass is 420 g/mol. The highest BCUT2D eigenvalue weighted by Gasteiger charge is 1.98. The Morgan fingerprint density at radius 3 is 0.767 bits per heavy atom. The fraction of sp³-hybridized carbons (Fsp3) is 0.933. The highest BCUT2D eigenvalue weighted by Crippen LogP contribution is 2.18. The zero-order valence-corrected chi connectivity index (χ0v) is 21.6. The van der Waals surface area contributed by atoms with E-state index < -0.39 is 0 Å². The van der Waals surface area contributed by atoms with Gasteiger partial charge in [0, 0.05) is 0 Å². The van der Waals surface area contributed by atoms with E-state index in [1.165, 1.54) is 173 Å². The molecule has 0 rings (SSSR count). The first-order valence-electron chi connectivity index (χ1n) is 14.5. The summed E-state index contributed by atoms with van der Waals surface area (Å²) in [5, 5.41) is 0. The lowest BCUT2D eigenvalue weighted by atomic mass is 10.00. The van der Waals surface area contributed by atoms with Crippen LogP contribution in [-0.4, -0.2) is 0 Å². The number of hydrogen-bond acceptors (Lipinski definition) is 0. The molecule has 0 atom stereocenters. The molecule has 0 aliphatic heterocycles. The third kappa shape index (κ3) is 25.8. The molecule has 0 aliphatic carbocycles. The Kier molecular flexibility index (Phi) is 26.5. The molecule has 30 heavy (non-hydrogen) atoms. The van der Waals surface area contributed by atoms with Crippen molar-refractivity contribution in [2.45, 2.75) is 181 Å². The van der Waals surface area contributed by atoms with Crippen molar-refractivity contribution in [3.63, 3.8) is 0 Å². The van der Waals surface area contributed by atoms with E-state index in [2.05, 4.69) is 20.4 Å². The third-order valence-electron chi connectivity index (χ3n) is 6.77. The number of allylic oxidation sites excluding steroid dienone is 1. The van der Waals surface area contributed by atoms with Crippen LogP contribution in [0.5, 0.6) is 0 Å². The largest absolute Gasteiger partial charge is 0.0999 e. The van der Waals surface area contributed by atoms with Crippen molar-refractivity contribution < 1.29 is 0 Å². The Labute approximate surface area is 193 Å². The van der Waals surface area contributed by atoms with Gasteiger partial charge in [-0.15, -0.1) is 0 Å². The van der Waals surface area contributed by atoms with E-state index in [0.29, 0.717) is 0 Å². The van der Waals surface area contributed by atoms with Crippen LogP contribution in [0.2, 0.25) is 0 Å². The van der Waals surface area contributed by atoms with Gasteiger partial charge in [-0.25, -0.2) is 0 Å². The molecule has 0 saturated heterocycles. The molecule has 0 aromatic carbocycles. The Balaban J connectivity index is 3.13. The molecule has 0 aliphatic rings. The van der Waals surface area contributed by atoms with Crippen LogP contribution in [0, 0.1) is 0 Å². The minimum Gasteiger partial charge on any atom is -0.0999 e. The van der Waals surface area contributed by atoms with Crippen LogP contribution in [-0.2, 0) is 0 Å². The molecular formula is C30H60. The van der Waals surface area contributed by atoms with Crippen molar-refractivity contribution in [1.29, 1.82) is 0 Å². The van der Waals surface area contributed by atoms with Gasteiger partial charge in [-0.2, -0.15) is 0 Å². The van der Waals surface area contributed by atoms with Crippen LogP contribution in [0.1, 0.15) is 181 Å². The van der Waals surface area contributed by atoms with Gasteiger partial charge < -0.3 is 0 Å². The van der Waals surface area contributed by atoms with E-state index in [1.54, 1.807) is 0 Å². The van der Waals surface area contributed by atoms with Gasteiger partial charge in [0.2, 0.25) is 0 Å². The molecule has 0 aromatic heterocycles. The first kappa shape index (κ1) is 29.7. The molecule has 0 unspecified atom stereocenters. The van der Waals surface area contributed by atoms with Crippen molar-refractivity contribution in [3.05, 3.63) is 12.2 Å². The molecule has 0 nitrogen and oxygen atoms in total. The predicted octanol–water partition coefficient (Wildman–Crippen LogP) is 11.7. The summed E-state index contributed by atoms with van der Waals surface area (Å²) in [5.74, 6) is 0. The van der Waals surface area contributed by atoms with Gasteiger partial charge in [0.25, 0.3) is 0 Å². The maximum absolute atomic E-state index is 4.33. The van der Waals surface area contributed by atoms with Gasteiger partial charge in [0.1, 0.15) is 0 Å². The van der Waals surface area contributed by atoms with Gasteiger partial charge >= 0.3 is 0 Å². The first-order chi connectivity index (χ1) is 14.8. The second kappa shape index (κ2) is 26.8. The minimum absolute atomic E-state index is 1.29. The molecular weight excluding hydrogens is 360 g/mol. The number of hydrogen-bond donors (Lipinski definition) is 0. The molecule has 0 N–H and O–H groups in total. The average Bonchev–Trinajstić information content (AvgIpc) is 2.75. The molecule has 0 radical (unpaired) electrons. The highest BCUT2D eigenvalue weighted by molar-refractivity contribution is 4.93. The minimum atomic E-state index is 1.29. The zero-order chi connectivity index (χ0) is 22.0. The van der Waals surface area contributed by atoms with Gasteiger partial charge in [-0.1, -0.05) is 167 Å². The molecule has 0 spiro atoms. The molecule has 0 bridgehead atoms. The second-order valence-corrected chi connectivity index (χ2v) is 10.0. The number of unbranched alkanes of at least 4 members (excludes halogenated alkanes) is 22. The Bertz CT molecular complexity index is 316. The summed E-state index contributed by atoms with van der Waals surface area (Å²) in [6.07, 6.45) is 37.2. The predicted molar refractivity (Wildman–Crippen MR) is 141 cm³/mol. The molecule has 0 aromatic rings. The van der Waals surface area contributed by atoms with Gasteiger partial charge in [-0.3, -0.25) is 0 Å². The van der Waals surface area contributed by atoms with E-state index in [1.807, 2.05) is 0 Å². The van der Waals surface area contributed by atoms with Crippen molar-refractivity contribution in [1.82, 2.24) is 0 Å². The summed E-state index contributed by atoms with van der Waals surface area (Å²) in [5.41, 5.74) is 1.52. The first-order valence-corrected chi connectivity index (χ1v) is 14.5. The van der Waals surface area contributed by atoms with Crippen LogP contribution in [0.15, 0.2) is 12.2 Å². The molecule has 0 amide bonds. The summed E-state index contributed by atoms with van der Waals surface area (Å²) in [6, 6.07) is 0. The van der Waals surface area contributed by atoms with Gasteiger partial charge in [0.15, 0.2) is 0 Å².